The molecule has 0 saturated carbocycles. The first kappa shape index (κ1) is 12.0. The van der Waals surface area contributed by atoms with Crippen LogP contribution >= 0.6 is 0 Å². The summed E-state index contributed by atoms with van der Waals surface area (Å²) in [7, 11) is 0. The molecule has 2 aromatic rings. The van der Waals surface area contributed by atoms with E-state index < -0.39 is 0 Å². The number of hydrogen-bond acceptors (Lipinski definition) is 2. The van der Waals surface area contributed by atoms with Crippen molar-refractivity contribution in [3.8, 4) is 0 Å². The number of aryl methyl sites for hydroxylation is 1. The lowest BCUT2D eigenvalue weighted by Crippen LogP contribution is -1.97. The van der Waals surface area contributed by atoms with Gasteiger partial charge in [0.15, 0.2) is 0 Å². The van der Waals surface area contributed by atoms with Crippen LogP contribution in [0.2, 0.25) is 0 Å². The van der Waals surface area contributed by atoms with Gasteiger partial charge in [0.25, 0.3) is 5.70 Å². The summed E-state index contributed by atoms with van der Waals surface area (Å²) in [4.78, 5) is 10.8. The minimum absolute atomic E-state index is 0.111. The fourth-order valence-corrected chi connectivity index (χ4v) is 1.67. The van der Waals surface area contributed by atoms with Crippen LogP contribution in [0.1, 0.15) is 16.7 Å². The molecule has 0 N–H and O–H groups in total. The monoisotopic (exact) mass is 239 g/mol. The van der Waals surface area contributed by atoms with Crippen molar-refractivity contribution in [2.75, 3.05) is 0 Å². The predicted molar refractivity (Wildman–Crippen MR) is 72.5 cm³/mol. The van der Waals surface area contributed by atoms with E-state index in [0.29, 0.717) is 5.56 Å². The van der Waals surface area contributed by atoms with Gasteiger partial charge in [-0.2, -0.15) is 0 Å². The SMILES string of the molecule is Cc1ccc(/C=C(/c2ccccc2)[N+](=O)[O-])cc1. The number of benzene rings is 2. The molecule has 0 aromatic heterocycles. The third kappa shape index (κ3) is 2.83. The fraction of sp³-hybridized carbons (Fsp3) is 0.0667. The third-order valence-electron chi connectivity index (χ3n) is 2.65. The lowest BCUT2D eigenvalue weighted by atomic mass is 10.1. The molecule has 90 valence electrons. The van der Waals surface area contributed by atoms with Gasteiger partial charge in [0.1, 0.15) is 0 Å². The van der Waals surface area contributed by atoms with Crippen LogP contribution in [0.25, 0.3) is 11.8 Å². The molecule has 0 fully saturated rings. The van der Waals surface area contributed by atoms with Gasteiger partial charge in [-0.3, -0.25) is 10.1 Å². The van der Waals surface area contributed by atoms with Crippen molar-refractivity contribution in [1.82, 2.24) is 0 Å². The Morgan fingerprint density at radius 2 is 1.67 bits per heavy atom. The van der Waals surface area contributed by atoms with E-state index in [1.165, 1.54) is 0 Å². The van der Waals surface area contributed by atoms with E-state index in [4.69, 9.17) is 0 Å². The van der Waals surface area contributed by atoms with Crippen LogP contribution in [0.3, 0.4) is 0 Å². The van der Waals surface area contributed by atoms with Crippen molar-refractivity contribution in [2.24, 2.45) is 0 Å². The van der Waals surface area contributed by atoms with Crippen molar-refractivity contribution in [2.45, 2.75) is 6.92 Å². The average Bonchev–Trinajstić information content (AvgIpc) is 2.38. The molecule has 0 aliphatic carbocycles. The predicted octanol–water partition coefficient (Wildman–Crippen LogP) is 3.77. The Morgan fingerprint density at radius 1 is 1.06 bits per heavy atom. The Labute approximate surface area is 106 Å². The second-order valence-electron chi connectivity index (χ2n) is 4.06. The number of nitro groups is 1. The summed E-state index contributed by atoms with van der Waals surface area (Å²) in [6.45, 7) is 1.99. The first-order valence-corrected chi connectivity index (χ1v) is 5.65. The maximum absolute atomic E-state index is 11.1. The zero-order valence-electron chi connectivity index (χ0n) is 10.0. The van der Waals surface area contributed by atoms with Gasteiger partial charge in [-0.15, -0.1) is 0 Å². The molecule has 0 bridgehead atoms. The normalized spacial score (nSPS) is 11.3. The molecular weight excluding hydrogens is 226 g/mol. The third-order valence-corrected chi connectivity index (χ3v) is 2.65. The molecule has 2 rings (SSSR count). The smallest absolute Gasteiger partial charge is 0.258 e. The molecule has 0 atom stereocenters. The van der Waals surface area contributed by atoms with Gasteiger partial charge >= 0.3 is 0 Å². The van der Waals surface area contributed by atoms with Gasteiger partial charge in [0.2, 0.25) is 0 Å². The highest BCUT2D eigenvalue weighted by Crippen LogP contribution is 2.18. The van der Waals surface area contributed by atoms with E-state index in [-0.39, 0.29) is 10.6 Å². The maximum atomic E-state index is 11.1. The molecule has 2 aromatic carbocycles. The van der Waals surface area contributed by atoms with Crippen LogP contribution in [0.5, 0.6) is 0 Å². The molecule has 0 spiro atoms. The summed E-state index contributed by atoms with van der Waals surface area (Å²) in [5, 5.41) is 11.1. The summed E-state index contributed by atoms with van der Waals surface area (Å²) in [6.07, 6.45) is 1.59. The Kier molecular flexibility index (Phi) is 3.53. The second kappa shape index (κ2) is 5.27. The minimum atomic E-state index is -0.352. The fourth-order valence-electron chi connectivity index (χ4n) is 1.67. The van der Waals surface area contributed by atoms with E-state index in [1.807, 2.05) is 37.3 Å². The standard InChI is InChI=1S/C15H13NO2/c1-12-7-9-13(10-8-12)11-15(16(17)18)14-5-3-2-4-6-14/h2-11H,1H3/b15-11-. The Balaban J connectivity index is 2.43. The molecule has 0 aliphatic heterocycles. The van der Waals surface area contributed by atoms with Gasteiger partial charge in [-0.25, -0.2) is 0 Å². The summed E-state index contributed by atoms with van der Waals surface area (Å²) < 4.78 is 0. The molecular formula is C15H13NO2. The zero-order valence-corrected chi connectivity index (χ0v) is 10.0. The van der Waals surface area contributed by atoms with E-state index >= 15 is 0 Å². The quantitative estimate of drug-likeness (QED) is 0.465. The van der Waals surface area contributed by atoms with Crippen LogP contribution in [-0.2, 0) is 0 Å². The highest BCUT2D eigenvalue weighted by atomic mass is 16.6. The lowest BCUT2D eigenvalue weighted by molar-refractivity contribution is -0.374. The van der Waals surface area contributed by atoms with Crippen molar-refractivity contribution in [3.05, 3.63) is 81.4 Å². The van der Waals surface area contributed by atoms with Gasteiger partial charge in [0.05, 0.1) is 10.5 Å². The first-order chi connectivity index (χ1) is 8.66. The summed E-state index contributed by atoms with van der Waals surface area (Å²) >= 11 is 0. The topological polar surface area (TPSA) is 43.1 Å². The number of nitrogens with zero attached hydrogens (tertiary/aromatic N) is 1. The molecule has 0 unspecified atom stereocenters. The van der Waals surface area contributed by atoms with Crippen molar-refractivity contribution in [1.29, 1.82) is 0 Å². The largest absolute Gasteiger partial charge is 0.277 e. The molecule has 0 amide bonds. The molecule has 3 heteroatoms. The Morgan fingerprint density at radius 3 is 2.22 bits per heavy atom. The molecule has 18 heavy (non-hydrogen) atoms. The van der Waals surface area contributed by atoms with Crippen molar-refractivity contribution < 1.29 is 4.92 Å². The van der Waals surface area contributed by atoms with Crippen LogP contribution in [0, 0.1) is 17.0 Å². The lowest BCUT2D eigenvalue weighted by Gasteiger charge is -1.99. The minimum Gasteiger partial charge on any atom is -0.258 e. The van der Waals surface area contributed by atoms with Crippen molar-refractivity contribution in [3.63, 3.8) is 0 Å². The Bertz CT molecular complexity index is 571. The van der Waals surface area contributed by atoms with Gasteiger partial charge in [0, 0.05) is 6.08 Å². The number of hydrogen-bond donors (Lipinski definition) is 0. The van der Waals surface area contributed by atoms with Crippen LogP contribution in [0.4, 0.5) is 0 Å². The van der Waals surface area contributed by atoms with Gasteiger partial charge in [-0.1, -0.05) is 48.0 Å². The van der Waals surface area contributed by atoms with Gasteiger partial charge < -0.3 is 0 Å². The van der Waals surface area contributed by atoms with E-state index in [1.54, 1.807) is 30.3 Å². The Hall–Kier alpha value is -2.42. The molecule has 0 saturated heterocycles. The summed E-state index contributed by atoms with van der Waals surface area (Å²) in [5.41, 5.74) is 2.69. The highest BCUT2D eigenvalue weighted by Gasteiger charge is 2.13. The highest BCUT2D eigenvalue weighted by molar-refractivity contribution is 5.76. The number of rotatable bonds is 3. The van der Waals surface area contributed by atoms with Crippen LogP contribution in [0.15, 0.2) is 54.6 Å². The zero-order chi connectivity index (χ0) is 13.0. The van der Waals surface area contributed by atoms with Gasteiger partial charge in [-0.05, 0) is 24.6 Å². The maximum Gasteiger partial charge on any atom is 0.277 e. The van der Waals surface area contributed by atoms with E-state index in [0.717, 1.165) is 11.1 Å². The molecule has 0 heterocycles. The molecule has 0 radical (unpaired) electrons. The summed E-state index contributed by atoms with van der Waals surface area (Å²) in [6, 6.07) is 16.5. The average molecular weight is 239 g/mol. The van der Waals surface area contributed by atoms with Crippen molar-refractivity contribution >= 4 is 11.8 Å². The first-order valence-electron chi connectivity index (χ1n) is 5.65. The van der Waals surface area contributed by atoms with E-state index in [9.17, 15) is 10.1 Å². The second-order valence-corrected chi connectivity index (χ2v) is 4.06. The molecule has 3 nitrogen and oxygen atoms in total. The summed E-state index contributed by atoms with van der Waals surface area (Å²) in [5.74, 6) is 0. The van der Waals surface area contributed by atoms with Crippen LogP contribution < -0.4 is 0 Å². The van der Waals surface area contributed by atoms with E-state index in [2.05, 4.69) is 0 Å². The molecule has 0 aliphatic rings. The van der Waals surface area contributed by atoms with Crippen LogP contribution in [-0.4, -0.2) is 4.92 Å².